The maximum absolute atomic E-state index is 5.88. The van der Waals surface area contributed by atoms with Crippen molar-refractivity contribution in [1.29, 1.82) is 0 Å². The standard InChI is InChI=1S/C16H23N3O.HI/c1-5-11-18-16(17-6-2)19-12-14(4)20-15-10-8-7-9-13(15)3;/h1,7-10,14H,6,11-12H2,2-4H3,(H2,17,18,19);1H. The first kappa shape index (κ1) is 19.6. The average molecular weight is 401 g/mol. The van der Waals surface area contributed by atoms with Gasteiger partial charge in [0.05, 0.1) is 13.1 Å². The van der Waals surface area contributed by atoms with Gasteiger partial charge in [-0.3, -0.25) is 0 Å². The van der Waals surface area contributed by atoms with Crippen LogP contribution in [0.4, 0.5) is 0 Å². The zero-order valence-electron chi connectivity index (χ0n) is 12.8. The van der Waals surface area contributed by atoms with Gasteiger partial charge in [-0.25, -0.2) is 4.99 Å². The molecule has 0 saturated heterocycles. The molecule has 0 bridgehead atoms. The molecule has 2 N–H and O–H groups in total. The molecule has 0 aliphatic rings. The van der Waals surface area contributed by atoms with Crippen molar-refractivity contribution in [2.24, 2.45) is 4.99 Å². The fourth-order valence-electron chi connectivity index (χ4n) is 1.64. The second-order valence-electron chi connectivity index (χ2n) is 4.47. The fraction of sp³-hybridized carbons (Fsp3) is 0.438. The maximum atomic E-state index is 5.88. The highest BCUT2D eigenvalue weighted by Gasteiger charge is 2.06. The van der Waals surface area contributed by atoms with Crippen LogP contribution in [-0.2, 0) is 0 Å². The summed E-state index contributed by atoms with van der Waals surface area (Å²) >= 11 is 0. The lowest BCUT2D eigenvalue weighted by Gasteiger charge is -2.15. The molecule has 1 rings (SSSR count). The summed E-state index contributed by atoms with van der Waals surface area (Å²) in [5.74, 6) is 4.14. The first-order valence-corrected chi connectivity index (χ1v) is 6.85. The number of rotatable bonds is 6. The summed E-state index contributed by atoms with van der Waals surface area (Å²) in [5.41, 5.74) is 1.13. The van der Waals surface area contributed by atoms with Gasteiger partial charge in [0.15, 0.2) is 5.96 Å². The minimum Gasteiger partial charge on any atom is -0.489 e. The van der Waals surface area contributed by atoms with E-state index < -0.39 is 0 Å². The third kappa shape index (κ3) is 7.81. The second kappa shape index (κ2) is 11.3. The molecule has 0 aromatic heterocycles. The van der Waals surface area contributed by atoms with Gasteiger partial charge in [0.1, 0.15) is 11.9 Å². The summed E-state index contributed by atoms with van der Waals surface area (Å²) < 4.78 is 5.88. The van der Waals surface area contributed by atoms with E-state index in [0.717, 1.165) is 17.9 Å². The summed E-state index contributed by atoms with van der Waals surface area (Å²) in [4.78, 5) is 4.45. The number of nitrogens with one attached hydrogen (secondary N) is 2. The number of hydrogen-bond donors (Lipinski definition) is 2. The maximum Gasteiger partial charge on any atom is 0.192 e. The molecule has 1 aromatic carbocycles. The Balaban J connectivity index is 0.00000400. The number of nitrogens with zero attached hydrogens (tertiary/aromatic N) is 1. The van der Waals surface area contributed by atoms with E-state index in [1.54, 1.807) is 0 Å². The van der Waals surface area contributed by atoms with Crippen molar-refractivity contribution in [2.75, 3.05) is 19.6 Å². The molecule has 0 aliphatic heterocycles. The van der Waals surface area contributed by atoms with E-state index in [-0.39, 0.29) is 30.1 Å². The molecular weight excluding hydrogens is 377 g/mol. The van der Waals surface area contributed by atoms with Crippen LogP contribution in [0, 0.1) is 19.3 Å². The Kier molecular flexibility index (Phi) is 10.5. The molecule has 1 aromatic rings. The van der Waals surface area contributed by atoms with Crippen LogP contribution in [0.15, 0.2) is 29.3 Å². The molecule has 5 heteroatoms. The lowest BCUT2D eigenvalue weighted by Crippen LogP contribution is -2.38. The Bertz CT molecular complexity index is 483. The van der Waals surface area contributed by atoms with Crippen LogP contribution in [0.2, 0.25) is 0 Å². The van der Waals surface area contributed by atoms with Gasteiger partial charge in [-0.2, -0.15) is 0 Å². The molecule has 0 radical (unpaired) electrons. The topological polar surface area (TPSA) is 45.7 Å². The van der Waals surface area contributed by atoms with Crippen molar-refractivity contribution in [3.05, 3.63) is 29.8 Å². The summed E-state index contributed by atoms with van der Waals surface area (Å²) in [6, 6.07) is 7.97. The SMILES string of the molecule is C#CCNC(=NCC(C)Oc1ccccc1C)NCC.I. The van der Waals surface area contributed by atoms with Crippen LogP contribution in [0.3, 0.4) is 0 Å². The van der Waals surface area contributed by atoms with Gasteiger partial charge in [0, 0.05) is 6.54 Å². The number of guanidine groups is 1. The van der Waals surface area contributed by atoms with Gasteiger partial charge in [0.2, 0.25) is 0 Å². The molecular formula is C16H24IN3O. The normalized spacial score (nSPS) is 11.8. The Morgan fingerprint density at radius 1 is 1.38 bits per heavy atom. The number of terminal acetylenes is 1. The summed E-state index contributed by atoms with van der Waals surface area (Å²) in [7, 11) is 0. The van der Waals surface area contributed by atoms with E-state index in [2.05, 4.69) is 21.5 Å². The van der Waals surface area contributed by atoms with Crippen LogP contribution in [0.5, 0.6) is 5.75 Å². The number of aryl methyl sites for hydroxylation is 1. The highest BCUT2D eigenvalue weighted by atomic mass is 127. The van der Waals surface area contributed by atoms with E-state index in [1.807, 2.05) is 45.0 Å². The van der Waals surface area contributed by atoms with Crippen molar-refractivity contribution in [1.82, 2.24) is 10.6 Å². The molecule has 1 atom stereocenters. The molecule has 0 saturated carbocycles. The lowest BCUT2D eigenvalue weighted by molar-refractivity contribution is 0.228. The van der Waals surface area contributed by atoms with E-state index in [4.69, 9.17) is 11.2 Å². The van der Waals surface area contributed by atoms with Crippen molar-refractivity contribution < 1.29 is 4.74 Å². The van der Waals surface area contributed by atoms with Gasteiger partial charge in [-0.05, 0) is 32.4 Å². The molecule has 116 valence electrons. The van der Waals surface area contributed by atoms with Crippen molar-refractivity contribution >= 4 is 29.9 Å². The molecule has 0 heterocycles. The van der Waals surface area contributed by atoms with Gasteiger partial charge in [-0.1, -0.05) is 24.1 Å². The number of aliphatic imine (C=N–C) groups is 1. The summed E-state index contributed by atoms with van der Waals surface area (Å²) in [5, 5.41) is 6.18. The second-order valence-corrected chi connectivity index (χ2v) is 4.47. The zero-order valence-corrected chi connectivity index (χ0v) is 15.2. The minimum absolute atomic E-state index is 0. The summed E-state index contributed by atoms with van der Waals surface area (Å²) in [6.07, 6.45) is 5.23. The molecule has 4 nitrogen and oxygen atoms in total. The van der Waals surface area contributed by atoms with Gasteiger partial charge in [-0.15, -0.1) is 30.4 Å². The third-order valence-corrected chi connectivity index (χ3v) is 2.63. The molecule has 0 fully saturated rings. The third-order valence-electron chi connectivity index (χ3n) is 2.63. The predicted octanol–water partition coefficient (Wildman–Crippen LogP) is 2.57. The smallest absolute Gasteiger partial charge is 0.192 e. The lowest BCUT2D eigenvalue weighted by atomic mass is 10.2. The van der Waals surface area contributed by atoms with Crippen LogP contribution >= 0.6 is 24.0 Å². The number of halogens is 1. The van der Waals surface area contributed by atoms with E-state index >= 15 is 0 Å². The minimum atomic E-state index is -0.00241. The number of ether oxygens (including phenoxy) is 1. The molecule has 0 amide bonds. The van der Waals surface area contributed by atoms with E-state index in [0.29, 0.717) is 19.0 Å². The molecule has 21 heavy (non-hydrogen) atoms. The largest absolute Gasteiger partial charge is 0.489 e. The quantitative estimate of drug-likeness (QED) is 0.333. The van der Waals surface area contributed by atoms with E-state index in [9.17, 15) is 0 Å². The van der Waals surface area contributed by atoms with Crippen molar-refractivity contribution in [3.8, 4) is 18.1 Å². The Hall–Kier alpha value is -1.42. The number of para-hydroxylation sites is 1. The number of benzene rings is 1. The molecule has 1 unspecified atom stereocenters. The van der Waals surface area contributed by atoms with Gasteiger partial charge >= 0.3 is 0 Å². The Labute approximate surface area is 144 Å². The van der Waals surface area contributed by atoms with Gasteiger partial charge < -0.3 is 15.4 Å². The zero-order chi connectivity index (χ0) is 14.8. The Morgan fingerprint density at radius 3 is 2.71 bits per heavy atom. The molecule has 0 aliphatic carbocycles. The fourth-order valence-corrected chi connectivity index (χ4v) is 1.64. The number of hydrogen-bond acceptors (Lipinski definition) is 2. The monoisotopic (exact) mass is 401 g/mol. The van der Waals surface area contributed by atoms with Crippen LogP contribution < -0.4 is 15.4 Å². The van der Waals surface area contributed by atoms with Crippen LogP contribution in [0.25, 0.3) is 0 Å². The van der Waals surface area contributed by atoms with Crippen LogP contribution in [0.1, 0.15) is 19.4 Å². The van der Waals surface area contributed by atoms with Crippen molar-refractivity contribution in [2.45, 2.75) is 26.9 Å². The first-order valence-electron chi connectivity index (χ1n) is 6.85. The van der Waals surface area contributed by atoms with Crippen LogP contribution in [-0.4, -0.2) is 31.7 Å². The highest BCUT2D eigenvalue weighted by molar-refractivity contribution is 14.0. The predicted molar refractivity (Wildman–Crippen MR) is 99.5 cm³/mol. The van der Waals surface area contributed by atoms with Crippen molar-refractivity contribution in [3.63, 3.8) is 0 Å². The van der Waals surface area contributed by atoms with Gasteiger partial charge in [0.25, 0.3) is 0 Å². The Morgan fingerprint density at radius 2 is 2.10 bits per heavy atom. The summed E-state index contributed by atoms with van der Waals surface area (Å²) in [6.45, 7) is 7.86. The highest BCUT2D eigenvalue weighted by Crippen LogP contribution is 2.17. The first-order chi connectivity index (χ1) is 9.67. The average Bonchev–Trinajstić information content (AvgIpc) is 2.44. The van der Waals surface area contributed by atoms with E-state index in [1.165, 1.54) is 0 Å². The molecule has 0 spiro atoms.